The van der Waals surface area contributed by atoms with Crippen molar-refractivity contribution < 1.29 is 18.3 Å². The van der Waals surface area contributed by atoms with Crippen LogP contribution in [-0.4, -0.2) is 32.0 Å². The number of carbonyl (C=O) groups is 1. The van der Waals surface area contributed by atoms with Crippen molar-refractivity contribution >= 4 is 33.7 Å². The van der Waals surface area contributed by atoms with Crippen molar-refractivity contribution in [2.24, 2.45) is 0 Å². The number of hydrogen-bond donors (Lipinski definition) is 1. The molecular formula is C21H19F2N5O2S2. The second-order valence-corrected chi connectivity index (χ2v) is 8.52. The molecule has 0 aliphatic rings. The molecule has 1 aromatic carbocycles. The minimum atomic E-state index is -2.71. The maximum atomic E-state index is 13.2. The van der Waals surface area contributed by atoms with Gasteiger partial charge in [-0.05, 0) is 26.0 Å². The molecule has 1 amide bonds. The Hall–Kier alpha value is -3.18. The fourth-order valence-corrected chi connectivity index (χ4v) is 4.90. The minimum Gasteiger partial charge on any atom is -0.493 e. The lowest BCUT2D eigenvalue weighted by molar-refractivity contribution is -0.115. The number of rotatable bonds is 8. The fourth-order valence-electron chi connectivity index (χ4n) is 3.07. The summed E-state index contributed by atoms with van der Waals surface area (Å²) >= 11 is 2.54. The summed E-state index contributed by atoms with van der Waals surface area (Å²) < 4.78 is 32.7. The number of aromatic nitrogens is 4. The van der Waals surface area contributed by atoms with Crippen molar-refractivity contribution in [3.63, 3.8) is 0 Å². The van der Waals surface area contributed by atoms with Crippen molar-refractivity contribution in [1.29, 1.82) is 0 Å². The lowest BCUT2D eigenvalue weighted by Gasteiger charge is -2.07. The second-order valence-electron chi connectivity index (χ2n) is 6.67. The molecule has 0 atom stereocenters. The van der Waals surface area contributed by atoms with Gasteiger partial charge in [-0.2, -0.15) is 8.78 Å². The normalized spacial score (nSPS) is 11.2. The first kappa shape index (κ1) is 22.0. The zero-order valence-electron chi connectivity index (χ0n) is 17.2. The third-order valence-corrected chi connectivity index (χ3v) is 6.43. The van der Waals surface area contributed by atoms with Crippen molar-refractivity contribution in [3.8, 4) is 27.0 Å². The molecule has 3 aromatic heterocycles. The van der Waals surface area contributed by atoms with Crippen molar-refractivity contribution in [2.75, 3.05) is 11.9 Å². The van der Waals surface area contributed by atoms with Gasteiger partial charge in [0.15, 0.2) is 11.0 Å². The zero-order valence-corrected chi connectivity index (χ0v) is 18.8. The van der Waals surface area contributed by atoms with Crippen LogP contribution in [0.5, 0.6) is 5.75 Å². The standard InChI is InChI=1S/C21H19F2N5O2S2/c1-3-30-15-7-5-4-6-14(15)19-26-13(11-31-19)10-16(29)27-21-25-12(2)17(32-21)18-24-8-9-28(18)20(22)23/h4-9,11,20H,3,10H2,1-2H3,(H,25,27,29). The van der Waals surface area contributed by atoms with Crippen molar-refractivity contribution in [3.05, 3.63) is 53.4 Å². The molecule has 0 aliphatic heterocycles. The molecule has 32 heavy (non-hydrogen) atoms. The number of thiazole rings is 2. The summed E-state index contributed by atoms with van der Waals surface area (Å²) in [6.45, 7) is 1.44. The molecule has 0 radical (unpaired) electrons. The number of nitrogens with one attached hydrogen (secondary N) is 1. The van der Waals surface area contributed by atoms with E-state index in [1.165, 1.54) is 23.7 Å². The van der Waals surface area contributed by atoms with E-state index < -0.39 is 6.55 Å². The van der Waals surface area contributed by atoms with Crippen LogP contribution in [0, 0.1) is 6.92 Å². The van der Waals surface area contributed by atoms with E-state index in [1.54, 1.807) is 6.92 Å². The molecular weight excluding hydrogens is 456 g/mol. The summed E-state index contributed by atoms with van der Waals surface area (Å²) in [5.41, 5.74) is 2.01. The average Bonchev–Trinajstić information content (AvgIpc) is 3.48. The number of imidazole rings is 1. The Kier molecular flexibility index (Phi) is 6.56. The Labute approximate surface area is 190 Å². The predicted molar refractivity (Wildman–Crippen MR) is 120 cm³/mol. The second kappa shape index (κ2) is 9.53. The molecule has 7 nitrogen and oxygen atoms in total. The van der Waals surface area contributed by atoms with Crippen LogP contribution in [0.1, 0.15) is 24.9 Å². The van der Waals surface area contributed by atoms with Gasteiger partial charge >= 0.3 is 6.55 Å². The molecule has 0 saturated heterocycles. The van der Waals surface area contributed by atoms with Crippen molar-refractivity contribution in [2.45, 2.75) is 26.8 Å². The molecule has 4 rings (SSSR count). The number of amides is 1. The van der Waals surface area contributed by atoms with Crippen LogP contribution < -0.4 is 10.1 Å². The number of anilines is 1. The van der Waals surface area contributed by atoms with E-state index in [-0.39, 0.29) is 18.2 Å². The summed E-state index contributed by atoms with van der Waals surface area (Å²) in [5.74, 6) is 0.568. The Bertz CT molecular complexity index is 1230. The molecule has 4 aromatic rings. The van der Waals surface area contributed by atoms with Gasteiger partial charge in [0.25, 0.3) is 0 Å². The van der Waals surface area contributed by atoms with Gasteiger partial charge in [-0.1, -0.05) is 23.5 Å². The van der Waals surface area contributed by atoms with E-state index in [0.717, 1.165) is 32.2 Å². The summed E-state index contributed by atoms with van der Waals surface area (Å²) in [6.07, 6.45) is 2.58. The van der Waals surface area contributed by atoms with Crippen LogP contribution in [0.15, 0.2) is 42.0 Å². The minimum absolute atomic E-state index is 0.0624. The third kappa shape index (κ3) is 4.68. The number of halogens is 2. The number of alkyl halides is 2. The monoisotopic (exact) mass is 475 g/mol. The molecule has 0 unspecified atom stereocenters. The maximum Gasteiger partial charge on any atom is 0.320 e. The van der Waals surface area contributed by atoms with Gasteiger partial charge < -0.3 is 10.1 Å². The molecule has 1 N–H and O–H groups in total. The number of aryl methyl sites for hydroxylation is 1. The predicted octanol–water partition coefficient (Wildman–Crippen LogP) is 5.41. The number of benzene rings is 1. The lowest BCUT2D eigenvalue weighted by atomic mass is 10.2. The van der Waals surface area contributed by atoms with E-state index in [2.05, 4.69) is 20.3 Å². The first-order valence-electron chi connectivity index (χ1n) is 9.71. The lowest BCUT2D eigenvalue weighted by Crippen LogP contribution is -2.14. The van der Waals surface area contributed by atoms with Crippen molar-refractivity contribution in [1.82, 2.24) is 19.5 Å². The van der Waals surface area contributed by atoms with Gasteiger partial charge in [0.2, 0.25) is 5.91 Å². The molecule has 3 heterocycles. The first-order valence-corrected chi connectivity index (χ1v) is 11.4. The van der Waals surface area contributed by atoms with E-state index in [1.807, 2.05) is 36.6 Å². The molecule has 0 spiro atoms. The highest BCUT2D eigenvalue weighted by atomic mass is 32.1. The largest absolute Gasteiger partial charge is 0.493 e. The Morgan fingerprint density at radius 2 is 2.09 bits per heavy atom. The third-order valence-electron chi connectivity index (χ3n) is 4.44. The molecule has 0 bridgehead atoms. The Morgan fingerprint density at radius 3 is 2.88 bits per heavy atom. The van der Waals surface area contributed by atoms with Gasteiger partial charge in [0.1, 0.15) is 10.8 Å². The molecule has 166 valence electrons. The van der Waals surface area contributed by atoms with E-state index in [4.69, 9.17) is 4.74 Å². The number of carbonyl (C=O) groups excluding carboxylic acids is 1. The first-order chi connectivity index (χ1) is 15.5. The summed E-state index contributed by atoms with van der Waals surface area (Å²) in [6, 6.07) is 7.62. The van der Waals surface area contributed by atoms with Gasteiger partial charge in [0.05, 0.1) is 34.9 Å². The van der Waals surface area contributed by atoms with Crippen LogP contribution in [-0.2, 0) is 11.2 Å². The fraction of sp³-hybridized carbons (Fsp3) is 0.238. The zero-order chi connectivity index (χ0) is 22.7. The van der Waals surface area contributed by atoms with Crippen LogP contribution >= 0.6 is 22.7 Å². The molecule has 11 heteroatoms. The highest BCUT2D eigenvalue weighted by Gasteiger charge is 2.20. The number of ether oxygens (including phenoxy) is 1. The van der Waals surface area contributed by atoms with Crippen LogP contribution in [0.4, 0.5) is 13.9 Å². The summed E-state index contributed by atoms with van der Waals surface area (Å²) in [4.78, 5) is 25.9. The smallest absolute Gasteiger partial charge is 0.320 e. The summed E-state index contributed by atoms with van der Waals surface area (Å²) in [5, 5.41) is 5.65. The van der Waals surface area contributed by atoms with Crippen LogP contribution in [0.2, 0.25) is 0 Å². The van der Waals surface area contributed by atoms with Gasteiger partial charge in [-0.25, -0.2) is 15.0 Å². The van der Waals surface area contributed by atoms with Gasteiger partial charge in [-0.15, -0.1) is 11.3 Å². The maximum absolute atomic E-state index is 13.2. The average molecular weight is 476 g/mol. The Balaban J connectivity index is 1.46. The topological polar surface area (TPSA) is 81.9 Å². The molecule has 0 fully saturated rings. The molecule has 0 saturated carbocycles. The quantitative estimate of drug-likeness (QED) is 0.368. The van der Waals surface area contributed by atoms with E-state index in [0.29, 0.717) is 28.0 Å². The highest BCUT2D eigenvalue weighted by molar-refractivity contribution is 7.19. The van der Waals surface area contributed by atoms with Crippen LogP contribution in [0.25, 0.3) is 21.3 Å². The van der Waals surface area contributed by atoms with E-state index in [9.17, 15) is 13.6 Å². The SMILES string of the molecule is CCOc1ccccc1-c1nc(CC(=O)Nc2nc(C)c(-c3nccn3C(F)F)s2)cs1. The van der Waals surface area contributed by atoms with Crippen LogP contribution in [0.3, 0.4) is 0 Å². The molecule has 0 aliphatic carbocycles. The number of para-hydroxylation sites is 1. The highest BCUT2D eigenvalue weighted by Crippen LogP contribution is 2.34. The number of hydrogen-bond acceptors (Lipinski definition) is 7. The summed E-state index contributed by atoms with van der Waals surface area (Å²) in [7, 11) is 0. The van der Waals surface area contributed by atoms with Gasteiger partial charge in [-0.3, -0.25) is 9.36 Å². The Morgan fingerprint density at radius 1 is 1.28 bits per heavy atom. The number of nitrogens with zero attached hydrogens (tertiary/aromatic N) is 4. The van der Waals surface area contributed by atoms with E-state index >= 15 is 0 Å². The van der Waals surface area contributed by atoms with Gasteiger partial charge in [0, 0.05) is 17.8 Å².